The van der Waals surface area contributed by atoms with Gasteiger partial charge in [-0.2, -0.15) is 4.98 Å². The highest BCUT2D eigenvalue weighted by atomic mass is 35.5. The molecule has 4 rings (SSSR count). The second kappa shape index (κ2) is 9.60. The maximum Gasteiger partial charge on any atom is 0.255 e. The summed E-state index contributed by atoms with van der Waals surface area (Å²) < 4.78 is 5.59. The van der Waals surface area contributed by atoms with Gasteiger partial charge in [0.25, 0.3) is 5.91 Å². The molecular formula is C23H26ClN7O2. The molecule has 1 amide bonds. The average molecular weight is 468 g/mol. The lowest BCUT2D eigenvalue weighted by Gasteiger charge is -2.26. The molecule has 0 unspecified atom stereocenters. The number of benzene rings is 2. The Morgan fingerprint density at radius 2 is 1.91 bits per heavy atom. The Morgan fingerprint density at radius 1 is 1.12 bits per heavy atom. The van der Waals surface area contributed by atoms with Gasteiger partial charge >= 0.3 is 0 Å². The average Bonchev–Trinajstić information content (AvgIpc) is 2.80. The second-order valence-corrected chi connectivity index (χ2v) is 8.44. The minimum absolute atomic E-state index is 0.0895. The van der Waals surface area contributed by atoms with Crippen LogP contribution in [0.25, 0.3) is 0 Å². The number of carbonyl (C=O) groups is 1. The fraction of sp³-hybridized carbons (Fsp3) is 0.304. The molecule has 0 spiro atoms. The predicted molar refractivity (Wildman–Crippen MR) is 129 cm³/mol. The molecule has 10 heteroatoms. The number of rotatable bonds is 6. The van der Waals surface area contributed by atoms with E-state index < -0.39 is 0 Å². The molecule has 0 bridgehead atoms. The summed E-state index contributed by atoms with van der Waals surface area (Å²) in [5.74, 6) is 1.09. The molecule has 0 atom stereocenters. The van der Waals surface area contributed by atoms with Crippen LogP contribution in [0.15, 0.2) is 36.4 Å². The number of halogens is 1. The third kappa shape index (κ3) is 4.99. The zero-order chi connectivity index (χ0) is 23.5. The zero-order valence-electron chi connectivity index (χ0n) is 19.0. The summed E-state index contributed by atoms with van der Waals surface area (Å²) in [4.78, 5) is 20.8. The number of likely N-dealkylation sites (N-methyl/N-ethyl adjacent to an activating group) is 1. The van der Waals surface area contributed by atoms with Gasteiger partial charge in [0.2, 0.25) is 5.95 Å². The summed E-state index contributed by atoms with van der Waals surface area (Å²) in [6.07, 6.45) is 0.973. The summed E-state index contributed by atoms with van der Waals surface area (Å²) in [7, 11) is 7.13. The van der Waals surface area contributed by atoms with Gasteiger partial charge in [0.1, 0.15) is 5.75 Å². The first-order valence-corrected chi connectivity index (χ1v) is 10.9. The van der Waals surface area contributed by atoms with E-state index >= 15 is 0 Å². The first kappa shape index (κ1) is 22.8. The Labute approximate surface area is 197 Å². The maximum absolute atomic E-state index is 12.5. The van der Waals surface area contributed by atoms with E-state index in [2.05, 4.69) is 49.9 Å². The largest absolute Gasteiger partial charge is 0.495 e. The van der Waals surface area contributed by atoms with Gasteiger partial charge < -0.3 is 25.2 Å². The summed E-state index contributed by atoms with van der Waals surface area (Å²) in [6, 6.07) is 11.3. The highest BCUT2D eigenvalue weighted by Gasteiger charge is 2.19. The number of anilines is 4. The van der Waals surface area contributed by atoms with E-state index in [0.29, 0.717) is 17.0 Å². The van der Waals surface area contributed by atoms with Gasteiger partial charge in [-0.05, 0) is 48.9 Å². The normalized spacial score (nSPS) is 13.2. The molecule has 33 heavy (non-hydrogen) atoms. The summed E-state index contributed by atoms with van der Waals surface area (Å²) in [6.45, 7) is 1.87. The number of nitrogens with one attached hydrogen (secondary N) is 2. The van der Waals surface area contributed by atoms with Gasteiger partial charge in [-0.1, -0.05) is 23.7 Å². The fourth-order valence-corrected chi connectivity index (χ4v) is 3.83. The quantitative estimate of drug-likeness (QED) is 0.566. The van der Waals surface area contributed by atoms with E-state index in [9.17, 15) is 4.79 Å². The standard InChI is InChI=1S/C23H26ClN7O2/c1-30(2)22(32)16-7-5-6-8-17(16)25-21-20(24)28-29-23(27-21)26-18-11-15-13-31(3)10-9-14(15)12-19(18)33-4/h5-8,11-12H,9-10,13H2,1-4H3,(H2,25,26,27,29). The van der Waals surface area contributed by atoms with Gasteiger partial charge in [-0.15, -0.1) is 10.2 Å². The van der Waals surface area contributed by atoms with Crippen LogP contribution in [0, 0.1) is 0 Å². The predicted octanol–water partition coefficient (Wildman–Crippen LogP) is 3.71. The third-order valence-electron chi connectivity index (χ3n) is 5.43. The van der Waals surface area contributed by atoms with Gasteiger partial charge in [0.15, 0.2) is 11.0 Å². The molecule has 0 fully saturated rings. The summed E-state index contributed by atoms with van der Waals surface area (Å²) >= 11 is 6.26. The summed E-state index contributed by atoms with van der Waals surface area (Å²) in [5, 5.41) is 14.5. The first-order chi connectivity index (χ1) is 15.9. The van der Waals surface area contributed by atoms with E-state index in [0.717, 1.165) is 25.2 Å². The lowest BCUT2D eigenvalue weighted by molar-refractivity contribution is 0.0828. The van der Waals surface area contributed by atoms with Crippen molar-refractivity contribution in [1.29, 1.82) is 0 Å². The molecule has 1 aliphatic heterocycles. The Kier molecular flexibility index (Phi) is 6.62. The molecule has 2 heterocycles. The molecular weight excluding hydrogens is 442 g/mol. The van der Waals surface area contributed by atoms with Crippen molar-refractivity contribution >= 4 is 40.6 Å². The van der Waals surface area contributed by atoms with Gasteiger partial charge in [-0.3, -0.25) is 4.79 Å². The van der Waals surface area contributed by atoms with Crippen molar-refractivity contribution in [2.45, 2.75) is 13.0 Å². The second-order valence-electron chi connectivity index (χ2n) is 8.08. The van der Waals surface area contributed by atoms with Gasteiger partial charge in [0, 0.05) is 27.2 Å². The van der Waals surface area contributed by atoms with Gasteiger partial charge in [-0.25, -0.2) is 0 Å². The number of hydrogen-bond donors (Lipinski definition) is 2. The van der Waals surface area contributed by atoms with Gasteiger partial charge in [0.05, 0.1) is 24.0 Å². The van der Waals surface area contributed by atoms with Crippen molar-refractivity contribution in [2.75, 3.05) is 45.4 Å². The number of carbonyl (C=O) groups excluding carboxylic acids is 1. The van der Waals surface area contributed by atoms with Crippen LogP contribution in [0.5, 0.6) is 5.75 Å². The molecule has 0 saturated carbocycles. The smallest absolute Gasteiger partial charge is 0.255 e. The van der Waals surface area contributed by atoms with Crippen molar-refractivity contribution < 1.29 is 9.53 Å². The first-order valence-electron chi connectivity index (χ1n) is 10.5. The Bertz CT molecular complexity index is 1190. The minimum Gasteiger partial charge on any atom is -0.495 e. The van der Waals surface area contributed by atoms with Crippen LogP contribution >= 0.6 is 11.6 Å². The molecule has 0 radical (unpaired) electrons. The Balaban J connectivity index is 1.63. The lowest BCUT2D eigenvalue weighted by Crippen LogP contribution is -2.26. The van der Waals surface area contributed by atoms with Crippen molar-refractivity contribution in [3.8, 4) is 5.75 Å². The summed E-state index contributed by atoms with van der Waals surface area (Å²) in [5.41, 5.74) is 4.30. The molecule has 2 aromatic carbocycles. The third-order valence-corrected chi connectivity index (χ3v) is 5.69. The molecule has 172 valence electrons. The van der Waals surface area contributed by atoms with Crippen molar-refractivity contribution in [3.05, 3.63) is 58.2 Å². The van der Waals surface area contributed by atoms with E-state index in [-0.39, 0.29) is 22.8 Å². The number of ether oxygens (including phenoxy) is 1. The Morgan fingerprint density at radius 3 is 2.67 bits per heavy atom. The number of aromatic nitrogens is 3. The number of amides is 1. The Hall–Kier alpha value is -3.43. The van der Waals surface area contributed by atoms with Crippen LogP contribution in [0.4, 0.5) is 23.1 Å². The highest BCUT2D eigenvalue weighted by Crippen LogP contribution is 2.33. The van der Waals surface area contributed by atoms with E-state index in [1.54, 1.807) is 39.4 Å². The van der Waals surface area contributed by atoms with Crippen LogP contribution in [0.3, 0.4) is 0 Å². The SMILES string of the molecule is COc1cc2c(cc1Nc1nnc(Cl)c(Nc3ccccc3C(=O)N(C)C)n1)CN(C)CC2. The molecule has 0 saturated heterocycles. The number of hydrogen-bond acceptors (Lipinski definition) is 8. The van der Waals surface area contributed by atoms with Crippen molar-refractivity contribution in [1.82, 2.24) is 25.0 Å². The van der Waals surface area contributed by atoms with Crippen LogP contribution < -0.4 is 15.4 Å². The maximum atomic E-state index is 12.5. The van der Waals surface area contributed by atoms with Crippen LogP contribution in [0.1, 0.15) is 21.5 Å². The molecule has 1 aliphatic rings. The monoisotopic (exact) mass is 467 g/mol. The number of nitrogens with zero attached hydrogens (tertiary/aromatic N) is 5. The zero-order valence-corrected chi connectivity index (χ0v) is 19.8. The van der Waals surface area contributed by atoms with Crippen molar-refractivity contribution in [3.63, 3.8) is 0 Å². The molecule has 1 aromatic heterocycles. The topological polar surface area (TPSA) is 95.5 Å². The van der Waals surface area contributed by atoms with Crippen LogP contribution in [-0.2, 0) is 13.0 Å². The molecule has 3 aromatic rings. The highest BCUT2D eigenvalue weighted by molar-refractivity contribution is 6.31. The molecule has 0 aliphatic carbocycles. The van der Waals surface area contributed by atoms with Crippen LogP contribution in [-0.4, -0.2) is 65.7 Å². The number of para-hydroxylation sites is 1. The van der Waals surface area contributed by atoms with E-state index in [1.807, 2.05) is 6.07 Å². The molecule has 9 nitrogen and oxygen atoms in total. The fourth-order valence-electron chi connectivity index (χ4n) is 3.71. The van der Waals surface area contributed by atoms with E-state index in [1.165, 1.54) is 16.0 Å². The van der Waals surface area contributed by atoms with E-state index in [4.69, 9.17) is 16.3 Å². The van der Waals surface area contributed by atoms with Crippen LogP contribution in [0.2, 0.25) is 5.15 Å². The number of methoxy groups -OCH3 is 1. The minimum atomic E-state index is -0.140. The molecule has 2 N–H and O–H groups in total. The van der Waals surface area contributed by atoms with Crippen molar-refractivity contribution in [2.24, 2.45) is 0 Å². The lowest BCUT2D eigenvalue weighted by atomic mass is 9.99. The number of fused-ring (bicyclic) bond motifs is 1.